The van der Waals surface area contributed by atoms with E-state index in [0.29, 0.717) is 11.7 Å². The number of anilines is 1. The molecular weight excluding hydrogens is 242 g/mol. The largest absolute Gasteiger partial charge is 0.485 e. The van der Waals surface area contributed by atoms with Gasteiger partial charge >= 0.3 is 0 Å². The van der Waals surface area contributed by atoms with E-state index in [0.717, 1.165) is 15.7 Å². The Labute approximate surface area is 102 Å². The molecule has 0 radical (unpaired) electrons. The fourth-order valence-corrected chi connectivity index (χ4v) is 2.27. The first-order valence-corrected chi connectivity index (χ1v) is 6.67. The number of nitrogen functional groups attached to an aromatic ring is 1. The summed E-state index contributed by atoms with van der Waals surface area (Å²) in [4.78, 5) is 1.11. The van der Waals surface area contributed by atoms with Crippen LogP contribution in [0.1, 0.15) is 5.01 Å². The fraction of sp³-hybridized carbons (Fsp3) is 0.200. The van der Waals surface area contributed by atoms with Crippen molar-refractivity contribution in [2.45, 2.75) is 11.5 Å². The molecule has 0 saturated carbocycles. The highest BCUT2D eigenvalue weighted by Gasteiger charge is 2.04. The lowest BCUT2D eigenvalue weighted by atomic mass is 10.3. The van der Waals surface area contributed by atoms with Crippen LogP contribution >= 0.6 is 23.1 Å². The second-order valence-electron chi connectivity index (χ2n) is 2.97. The Morgan fingerprint density at radius 1 is 1.38 bits per heavy atom. The predicted molar refractivity (Wildman–Crippen MR) is 66.9 cm³/mol. The molecule has 1 aromatic heterocycles. The minimum absolute atomic E-state index is 0.409. The number of aromatic nitrogens is 2. The number of thioether (sulfide) groups is 1. The molecule has 0 aliphatic rings. The van der Waals surface area contributed by atoms with Gasteiger partial charge in [0.25, 0.3) is 0 Å². The van der Waals surface area contributed by atoms with E-state index < -0.39 is 0 Å². The average molecular weight is 253 g/mol. The molecule has 0 atom stereocenters. The summed E-state index contributed by atoms with van der Waals surface area (Å²) in [5.74, 6) is 0.865. The molecule has 2 rings (SSSR count). The summed E-state index contributed by atoms with van der Waals surface area (Å²) in [6.45, 7) is 0.409. The van der Waals surface area contributed by atoms with Crippen LogP contribution in [0.3, 0.4) is 0 Å². The Hall–Kier alpha value is -1.27. The standard InChI is InChI=1S/C10H11N3OS2/c1-15-8-5-3-2-4-7(8)14-6-9-12-13-10(11)16-9/h2-5H,6H2,1H3,(H2,11,13). The average Bonchev–Trinajstić information content (AvgIpc) is 2.73. The van der Waals surface area contributed by atoms with Gasteiger partial charge in [0, 0.05) is 4.90 Å². The quantitative estimate of drug-likeness (QED) is 0.848. The van der Waals surface area contributed by atoms with Crippen molar-refractivity contribution < 1.29 is 4.74 Å². The monoisotopic (exact) mass is 253 g/mol. The van der Waals surface area contributed by atoms with Gasteiger partial charge in [0.1, 0.15) is 12.4 Å². The maximum atomic E-state index is 5.66. The van der Waals surface area contributed by atoms with Gasteiger partial charge in [-0.15, -0.1) is 22.0 Å². The molecule has 1 heterocycles. The van der Waals surface area contributed by atoms with Crippen molar-refractivity contribution in [2.75, 3.05) is 12.0 Å². The van der Waals surface area contributed by atoms with Gasteiger partial charge in [-0.1, -0.05) is 23.5 Å². The van der Waals surface area contributed by atoms with Crippen LogP contribution < -0.4 is 10.5 Å². The summed E-state index contributed by atoms with van der Waals surface area (Å²) in [6, 6.07) is 7.90. The van der Waals surface area contributed by atoms with Crippen LogP contribution in [0.25, 0.3) is 0 Å². The Morgan fingerprint density at radius 2 is 2.19 bits per heavy atom. The fourth-order valence-electron chi connectivity index (χ4n) is 1.20. The van der Waals surface area contributed by atoms with Gasteiger partial charge in [0.2, 0.25) is 5.13 Å². The molecule has 0 amide bonds. The minimum Gasteiger partial charge on any atom is -0.485 e. The Morgan fingerprint density at radius 3 is 2.88 bits per heavy atom. The van der Waals surface area contributed by atoms with E-state index in [4.69, 9.17) is 10.5 Å². The summed E-state index contributed by atoms with van der Waals surface area (Å²) in [5, 5.41) is 8.89. The first-order valence-electron chi connectivity index (χ1n) is 4.63. The summed E-state index contributed by atoms with van der Waals surface area (Å²) in [6.07, 6.45) is 2.02. The third-order valence-corrected chi connectivity index (χ3v) is 3.41. The predicted octanol–water partition coefficient (Wildman–Crippen LogP) is 2.42. The van der Waals surface area contributed by atoms with Gasteiger partial charge < -0.3 is 10.5 Å². The van der Waals surface area contributed by atoms with Crippen LogP contribution in [-0.2, 0) is 6.61 Å². The van der Waals surface area contributed by atoms with Crippen molar-refractivity contribution in [1.29, 1.82) is 0 Å². The van der Waals surface area contributed by atoms with Crippen molar-refractivity contribution in [1.82, 2.24) is 10.2 Å². The van der Waals surface area contributed by atoms with Crippen LogP contribution in [0.15, 0.2) is 29.2 Å². The van der Waals surface area contributed by atoms with Gasteiger partial charge in [-0.2, -0.15) is 0 Å². The lowest BCUT2D eigenvalue weighted by molar-refractivity contribution is 0.297. The van der Waals surface area contributed by atoms with Crippen molar-refractivity contribution in [3.63, 3.8) is 0 Å². The molecule has 0 unspecified atom stereocenters. The lowest BCUT2D eigenvalue weighted by Gasteiger charge is -2.07. The molecule has 0 aliphatic carbocycles. The molecule has 0 aliphatic heterocycles. The van der Waals surface area contributed by atoms with E-state index in [1.807, 2.05) is 30.5 Å². The molecule has 0 bridgehead atoms. The zero-order valence-corrected chi connectivity index (χ0v) is 10.3. The summed E-state index contributed by atoms with van der Waals surface area (Å²) >= 11 is 3.00. The van der Waals surface area contributed by atoms with Crippen LogP contribution in [0.2, 0.25) is 0 Å². The van der Waals surface area contributed by atoms with Crippen molar-refractivity contribution in [3.8, 4) is 5.75 Å². The molecule has 0 fully saturated rings. The molecule has 16 heavy (non-hydrogen) atoms. The number of hydrogen-bond donors (Lipinski definition) is 1. The first kappa shape index (κ1) is 11.2. The van der Waals surface area contributed by atoms with Crippen molar-refractivity contribution >= 4 is 28.2 Å². The third-order valence-electron chi connectivity index (χ3n) is 1.90. The first-order chi connectivity index (χ1) is 7.79. The van der Waals surface area contributed by atoms with Crippen molar-refractivity contribution in [3.05, 3.63) is 29.3 Å². The van der Waals surface area contributed by atoms with Crippen LogP contribution in [-0.4, -0.2) is 16.5 Å². The number of nitrogens with two attached hydrogens (primary N) is 1. The zero-order chi connectivity index (χ0) is 11.4. The van der Waals surface area contributed by atoms with Crippen LogP contribution in [0, 0.1) is 0 Å². The van der Waals surface area contributed by atoms with E-state index >= 15 is 0 Å². The van der Waals surface area contributed by atoms with E-state index in [2.05, 4.69) is 10.2 Å². The Bertz CT molecular complexity index is 473. The number of benzene rings is 1. The number of rotatable bonds is 4. The molecule has 0 spiro atoms. The smallest absolute Gasteiger partial charge is 0.203 e. The Kier molecular flexibility index (Phi) is 3.63. The molecule has 84 valence electrons. The molecular formula is C10H11N3OS2. The van der Waals surface area contributed by atoms with Crippen LogP contribution in [0.5, 0.6) is 5.75 Å². The van der Waals surface area contributed by atoms with E-state index in [1.165, 1.54) is 11.3 Å². The minimum atomic E-state index is 0.409. The summed E-state index contributed by atoms with van der Waals surface area (Å²) in [5.41, 5.74) is 5.49. The number of para-hydroxylation sites is 1. The van der Waals surface area contributed by atoms with Gasteiger partial charge in [0.05, 0.1) is 0 Å². The second-order valence-corrected chi connectivity index (χ2v) is 4.92. The van der Waals surface area contributed by atoms with Gasteiger partial charge in [-0.25, -0.2) is 0 Å². The van der Waals surface area contributed by atoms with Crippen molar-refractivity contribution in [2.24, 2.45) is 0 Å². The highest BCUT2D eigenvalue weighted by atomic mass is 32.2. The van der Waals surface area contributed by atoms with E-state index in [-0.39, 0.29) is 0 Å². The number of hydrogen-bond acceptors (Lipinski definition) is 6. The summed E-state index contributed by atoms with van der Waals surface area (Å²) in [7, 11) is 0. The third kappa shape index (κ3) is 2.65. The van der Waals surface area contributed by atoms with Gasteiger partial charge in [0.15, 0.2) is 5.01 Å². The maximum absolute atomic E-state index is 5.66. The normalized spacial score (nSPS) is 10.3. The maximum Gasteiger partial charge on any atom is 0.203 e. The van der Waals surface area contributed by atoms with E-state index in [1.54, 1.807) is 11.8 Å². The second kappa shape index (κ2) is 5.18. The molecule has 2 aromatic rings. The zero-order valence-electron chi connectivity index (χ0n) is 8.71. The Balaban J connectivity index is 2.04. The van der Waals surface area contributed by atoms with E-state index in [9.17, 15) is 0 Å². The highest BCUT2D eigenvalue weighted by Crippen LogP contribution is 2.27. The molecule has 6 heteroatoms. The molecule has 2 N–H and O–H groups in total. The summed E-state index contributed by atoms with van der Waals surface area (Å²) < 4.78 is 5.66. The highest BCUT2D eigenvalue weighted by molar-refractivity contribution is 7.98. The van der Waals surface area contributed by atoms with Crippen LogP contribution in [0.4, 0.5) is 5.13 Å². The molecule has 4 nitrogen and oxygen atoms in total. The topological polar surface area (TPSA) is 61.0 Å². The SMILES string of the molecule is CSc1ccccc1OCc1nnc(N)s1. The molecule has 0 saturated heterocycles. The molecule has 1 aromatic carbocycles. The number of ether oxygens (including phenoxy) is 1. The lowest BCUT2D eigenvalue weighted by Crippen LogP contribution is -1.95. The number of nitrogens with zero attached hydrogens (tertiary/aromatic N) is 2. The van der Waals surface area contributed by atoms with Gasteiger partial charge in [-0.05, 0) is 18.4 Å². The van der Waals surface area contributed by atoms with Gasteiger partial charge in [-0.3, -0.25) is 0 Å².